The Morgan fingerprint density at radius 2 is 1.96 bits per heavy atom. The van der Waals surface area contributed by atoms with Gasteiger partial charge in [0.2, 0.25) is 11.8 Å². The smallest absolute Gasteiger partial charge is 0.231 e. The zero-order valence-electron chi connectivity index (χ0n) is 14.9. The fourth-order valence-corrected chi connectivity index (χ4v) is 4.09. The van der Waals surface area contributed by atoms with E-state index in [-0.39, 0.29) is 17.7 Å². The summed E-state index contributed by atoms with van der Waals surface area (Å²) in [5, 5.41) is 3.09. The second-order valence-electron chi connectivity index (χ2n) is 7.25. The Labute approximate surface area is 154 Å². The largest absolute Gasteiger partial charge is 0.338 e. The number of rotatable bonds is 4. The molecule has 1 atom stereocenters. The minimum atomic E-state index is -0.0798. The van der Waals surface area contributed by atoms with Crippen molar-refractivity contribution >= 4 is 17.5 Å². The van der Waals surface area contributed by atoms with Crippen LogP contribution in [0.15, 0.2) is 48.5 Å². The van der Waals surface area contributed by atoms with Crippen molar-refractivity contribution in [1.82, 2.24) is 4.90 Å². The van der Waals surface area contributed by atoms with Crippen LogP contribution in [0.2, 0.25) is 0 Å². The van der Waals surface area contributed by atoms with E-state index < -0.39 is 0 Å². The Balaban J connectivity index is 1.47. The highest BCUT2D eigenvalue weighted by molar-refractivity contribution is 5.96. The monoisotopic (exact) mass is 348 g/mol. The molecular weight excluding hydrogens is 324 g/mol. The number of benzene rings is 2. The molecule has 2 amide bonds. The predicted octanol–water partition coefficient (Wildman–Crippen LogP) is 3.87. The standard InChI is InChI=1S/C22H24N2O2/c25-21-12-5-13-24(21)15-16-6-3-9-18(14-16)23-22(26)20-11-4-8-17-7-1-2-10-19(17)20/h1-3,6-7,9-10,14,20H,4-5,8,11-13,15H2,(H,23,26). The van der Waals surface area contributed by atoms with Crippen LogP contribution < -0.4 is 5.32 Å². The molecule has 1 heterocycles. The second kappa shape index (κ2) is 7.32. The summed E-state index contributed by atoms with van der Waals surface area (Å²) in [7, 11) is 0. The van der Waals surface area contributed by atoms with Crippen LogP contribution in [0.25, 0.3) is 0 Å². The number of nitrogens with one attached hydrogen (secondary N) is 1. The van der Waals surface area contributed by atoms with Crippen molar-refractivity contribution in [2.75, 3.05) is 11.9 Å². The lowest BCUT2D eigenvalue weighted by Gasteiger charge is -2.24. The minimum Gasteiger partial charge on any atom is -0.338 e. The minimum absolute atomic E-state index is 0.0616. The highest BCUT2D eigenvalue weighted by Crippen LogP contribution is 2.32. The SMILES string of the molecule is O=C(Nc1cccc(CN2CCCC2=O)c1)C1CCCc2ccccc21. The molecule has 1 aliphatic heterocycles. The molecule has 26 heavy (non-hydrogen) atoms. The number of hydrogen-bond donors (Lipinski definition) is 1. The normalized spacial score (nSPS) is 19.3. The first-order valence-corrected chi connectivity index (χ1v) is 9.46. The van der Waals surface area contributed by atoms with Crippen molar-refractivity contribution in [3.05, 3.63) is 65.2 Å². The second-order valence-corrected chi connectivity index (χ2v) is 7.25. The highest BCUT2D eigenvalue weighted by atomic mass is 16.2. The fourth-order valence-electron chi connectivity index (χ4n) is 4.09. The molecule has 1 fully saturated rings. The molecule has 0 radical (unpaired) electrons. The maximum atomic E-state index is 12.9. The number of aryl methyl sites for hydroxylation is 1. The van der Waals surface area contributed by atoms with Gasteiger partial charge in [-0.3, -0.25) is 9.59 Å². The lowest BCUT2D eigenvalue weighted by atomic mass is 9.82. The summed E-state index contributed by atoms with van der Waals surface area (Å²) in [5.41, 5.74) is 4.32. The number of amides is 2. The van der Waals surface area contributed by atoms with Gasteiger partial charge in [-0.15, -0.1) is 0 Å². The van der Waals surface area contributed by atoms with Gasteiger partial charge in [-0.05, 0) is 54.5 Å². The van der Waals surface area contributed by atoms with Gasteiger partial charge in [0.05, 0.1) is 5.92 Å². The molecule has 4 nitrogen and oxygen atoms in total. The number of anilines is 1. The zero-order chi connectivity index (χ0) is 17.9. The topological polar surface area (TPSA) is 49.4 Å². The Morgan fingerprint density at radius 1 is 1.08 bits per heavy atom. The van der Waals surface area contributed by atoms with E-state index in [2.05, 4.69) is 17.4 Å². The van der Waals surface area contributed by atoms with Crippen LogP contribution in [0.3, 0.4) is 0 Å². The summed E-state index contributed by atoms with van der Waals surface area (Å²) >= 11 is 0. The predicted molar refractivity (Wildman–Crippen MR) is 102 cm³/mol. The summed E-state index contributed by atoms with van der Waals surface area (Å²) in [5.74, 6) is 0.202. The summed E-state index contributed by atoms with van der Waals surface area (Å²) in [6, 6.07) is 16.1. The number of carbonyl (C=O) groups excluding carboxylic acids is 2. The third-order valence-electron chi connectivity index (χ3n) is 5.43. The summed E-state index contributed by atoms with van der Waals surface area (Å²) in [6.45, 7) is 1.45. The summed E-state index contributed by atoms with van der Waals surface area (Å²) < 4.78 is 0. The molecule has 0 spiro atoms. The third kappa shape index (κ3) is 3.50. The van der Waals surface area contributed by atoms with Gasteiger partial charge in [-0.25, -0.2) is 0 Å². The fraction of sp³-hybridized carbons (Fsp3) is 0.364. The maximum absolute atomic E-state index is 12.9. The molecule has 2 aromatic rings. The van der Waals surface area contributed by atoms with E-state index in [1.165, 1.54) is 5.56 Å². The molecule has 0 bridgehead atoms. The number of nitrogens with zero attached hydrogens (tertiary/aromatic N) is 1. The molecule has 0 aromatic heterocycles. The van der Waals surface area contributed by atoms with E-state index in [0.29, 0.717) is 13.0 Å². The van der Waals surface area contributed by atoms with E-state index in [9.17, 15) is 9.59 Å². The molecule has 1 N–H and O–H groups in total. The van der Waals surface area contributed by atoms with Gasteiger partial charge in [-0.2, -0.15) is 0 Å². The van der Waals surface area contributed by atoms with E-state index in [1.807, 2.05) is 41.3 Å². The van der Waals surface area contributed by atoms with Crippen molar-refractivity contribution in [2.45, 2.75) is 44.6 Å². The van der Waals surface area contributed by atoms with Crippen LogP contribution >= 0.6 is 0 Å². The Morgan fingerprint density at radius 3 is 2.81 bits per heavy atom. The zero-order valence-corrected chi connectivity index (χ0v) is 14.9. The van der Waals surface area contributed by atoms with Gasteiger partial charge in [0.15, 0.2) is 0 Å². The number of hydrogen-bond acceptors (Lipinski definition) is 2. The van der Waals surface area contributed by atoms with E-state index in [1.54, 1.807) is 0 Å². The summed E-state index contributed by atoms with van der Waals surface area (Å²) in [4.78, 5) is 26.6. The quantitative estimate of drug-likeness (QED) is 0.912. The van der Waals surface area contributed by atoms with Gasteiger partial charge >= 0.3 is 0 Å². The van der Waals surface area contributed by atoms with Crippen molar-refractivity contribution in [1.29, 1.82) is 0 Å². The van der Waals surface area contributed by atoms with Crippen LogP contribution in [-0.2, 0) is 22.6 Å². The van der Waals surface area contributed by atoms with Gasteiger partial charge < -0.3 is 10.2 Å². The Bertz CT molecular complexity index is 830. The van der Waals surface area contributed by atoms with Crippen molar-refractivity contribution in [3.8, 4) is 0 Å². The maximum Gasteiger partial charge on any atom is 0.231 e. The Kier molecular flexibility index (Phi) is 4.74. The average molecular weight is 348 g/mol. The molecule has 1 aliphatic carbocycles. The third-order valence-corrected chi connectivity index (χ3v) is 5.43. The molecule has 2 aliphatic rings. The molecular formula is C22H24N2O2. The van der Waals surface area contributed by atoms with Crippen molar-refractivity contribution in [3.63, 3.8) is 0 Å². The molecule has 134 valence electrons. The van der Waals surface area contributed by atoms with Crippen molar-refractivity contribution < 1.29 is 9.59 Å². The van der Waals surface area contributed by atoms with E-state index >= 15 is 0 Å². The molecule has 1 saturated heterocycles. The highest BCUT2D eigenvalue weighted by Gasteiger charge is 2.26. The first-order chi connectivity index (χ1) is 12.7. The van der Waals surface area contributed by atoms with Crippen LogP contribution in [-0.4, -0.2) is 23.3 Å². The summed E-state index contributed by atoms with van der Waals surface area (Å²) in [6.07, 6.45) is 4.59. The lowest BCUT2D eigenvalue weighted by Crippen LogP contribution is -2.25. The molecule has 4 heteroatoms. The van der Waals surface area contributed by atoms with Crippen LogP contribution in [0.4, 0.5) is 5.69 Å². The van der Waals surface area contributed by atoms with Crippen molar-refractivity contribution in [2.24, 2.45) is 0 Å². The first kappa shape index (κ1) is 16.8. The molecule has 1 unspecified atom stereocenters. The van der Waals surface area contributed by atoms with Crippen LogP contribution in [0, 0.1) is 0 Å². The molecule has 0 saturated carbocycles. The van der Waals surface area contributed by atoms with Crippen LogP contribution in [0.5, 0.6) is 0 Å². The van der Waals surface area contributed by atoms with E-state index in [0.717, 1.165) is 49.0 Å². The van der Waals surface area contributed by atoms with Gasteiger partial charge in [0, 0.05) is 25.2 Å². The van der Waals surface area contributed by atoms with Gasteiger partial charge in [-0.1, -0.05) is 36.4 Å². The van der Waals surface area contributed by atoms with E-state index in [4.69, 9.17) is 0 Å². The van der Waals surface area contributed by atoms with Crippen LogP contribution in [0.1, 0.15) is 48.3 Å². The number of carbonyl (C=O) groups is 2. The van der Waals surface area contributed by atoms with Gasteiger partial charge in [0.25, 0.3) is 0 Å². The van der Waals surface area contributed by atoms with Gasteiger partial charge in [0.1, 0.15) is 0 Å². The average Bonchev–Trinajstić information content (AvgIpc) is 3.06. The molecule has 4 rings (SSSR count). The molecule has 2 aromatic carbocycles. The number of likely N-dealkylation sites (tertiary alicyclic amines) is 1. The lowest BCUT2D eigenvalue weighted by molar-refractivity contribution is -0.128. The first-order valence-electron chi connectivity index (χ1n) is 9.46. The Hall–Kier alpha value is -2.62. The number of fused-ring (bicyclic) bond motifs is 1.